The molecule has 2 aromatic carbocycles. The van der Waals surface area contributed by atoms with Crippen LogP contribution in [0, 0.1) is 0 Å². The van der Waals surface area contributed by atoms with Crippen molar-refractivity contribution in [2.24, 2.45) is 0 Å². The highest BCUT2D eigenvalue weighted by Crippen LogP contribution is 2.34. The van der Waals surface area contributed by atoms with Crippen molar-refractivity contribution < 1.29 is 30.7 Å². The van der Waals surface area contributed by atoms with Gasteiger partial charge in [-0.25, -0.2) is 8.42 Å². The molecule has 0 atom stereocenters. The van der Waals surface area contributed by atoms with Crippen molar-refractivity contribution in [3.8, 4) is 11.4 Å². The van der Waals surface area contributed by atoms with Crippen molar-refractivity contribution in [1.29, 1.82) is 0 Å². The number of nitrogens with zero attached hydrogens (tertiary/aromatic N) is 2. The van der Waals surface area contributed by atoms with Crippen LogP contribution < -0.4 is 4.57 Å². The van der Waals surface area contributed by atoms with E-state index in [-0.39, 0.29) is 5.34 Å². The minimum absolute atomic E-state index is 0.194. The predicted molar refractivity (Wildman–Crippen MR) is 164 cm³/mol. The SMILES string of the molecule is CC(C)c1cccc(C(C)C)c1-n1cc[n+](-c2c(C(C)C)cccc2C(C)C)c1Br.ClCCl.O=S(=O)([O-])C(F)(F)F. The quantitative estimate of drug-likeness (QED) is 0.111. The lowest BCUT2D eigenvalue weighted by atomic mass is 9.92. The molecule has 41 heavy (non-hydrogen) atoms. The lowest BCUT2D eigenvalue weighted by Gasteiger charge is -2.18. The standard InChI is InChI=1S/C27H36BrN2.CH2Cl2.CHF3O3S/c1-17(2)21-11-9-12-22(18(3)4)25(21)29-15-16-30(27(29)28)26-23(19(5)6)13-10-14-24(26)20(7)8;2-1-3;2-1(3,4)8(5,6)7/h9-20H,1-8H3;1H2;(H,5,6,7)/q+1;;/p-1. The Balaban J connectivity index is 0.000000651. The smallest absolute Gasteiger partial charge is 0.485 e. The average molecular weight is 703 g/mol. The number of alkyl halides is 5. The fourth-order valence-corrected chi connectivity index (χ4v) is 4.88. The van der Waals surface area contributed by atoms with E-state index in [1.807, 2.05) is 0 Å². The van der Waals surface area contributed by atoms with E-state index in [0.717, 1.165) is 4.73 Å². The van der Waals surface area contributed by atoms with E-state index in [1.54, 1.807) is 0 Å². The zero-order valence-electron chi connectivity index (χ0n) is 24.4. The molecule has 0 N–H and O–H groups in total. The van der Waals surface area contributed by atoms with Crippen LogP contribution in [-0.4, -0.2) is 28.4 Å². The van der Waals surface area contributed by atoms with Gasteiger partial charge in [-0.3, -0.25) is 0 Å². The van der Waals surface area contributed by atoms with Crippen LogP contribution in [0.25, 0.3) is 11.4 Å². The molecule has 5 nitrogen and oxygen atoms in total. The summed E-state index contributed by atoms with van der Waals surface area (Å²) >= 11 is 13.5. The summed E-state index contributed by atoms with van der Waals surface area (Å²) in [4.78, 5) is 0. The maximum absolute atomic E-state index is 10.7. The number of hydrogen-bond donors (Lipinski definition) is 0. The highest BCUT2D eigenvalue weighted by Gasteiger charge is 2.37. The first-order chi connectivity index (χ1) is 18.8. The van der Waals surface area contributed by atoms with E-state index in [1.165, 1.54) is 33.6 Å². The highest BCUT2D eigenvalue weighted by atomic mass is 79.9. The molecule has 3 aromatic rings. The van der Waals surface area contributed by atoms with Gasteiger partial charge in [-0.15, -0.1) is 23.2 Å². The number of halogens is 6. The summed E-state index contributed by atoms with van der Waals surface area (Å²) in [6.45, 7) is 18.2. The van der Waals surface area contributed by atoms with Gasteiger partial charge >= 0.3 is 10.2 Å². The number of benzene rings is 2. The monoisotopic (exact) mass is 700 g/mol. The van der Waals surface area contributed by atoms with E-state index in [2.05, 4.69) is 129 Å². The van der Waals surface area contributed by atoms with E-state index in [4.69, 9.17) is 36.2 Å². The first-order valence-corrected chi connectivity index (χ1v) is 16.3. The first-order valence-electron chi connectivity index (χ1n) is 13.0. The normalized spacial score (nSPS) is 12.0. The lowest BCUT2D eigenvalue weighted by Crippen LogP contribution is -2.34. The molecule has 12 heteroatoms. The van der Waals surface area contributed by atoms with Crippen LogP contribution in [-0.2, 0) is 10.1 Å². The van der Waals surface area contributed by atoms with Crippen molar-refractivity contribution in [1.82, 2.24) is 4.57 Å². The molecule has 0 fully saturated rings. The maximum atomic E-state index is 10.7. The fraction of sp³-hybridized carbons (Fsp3) is 0.483. The molecule has 0 aliphatic carbocycles. The van der Waals surface area contributed by atoms with E-state index in [9.17, 15) is 13.2 Å². The Hall–Kier alpha value is -1.59. The van der Waals surface area contributed by atoms with Crippen LogP contribution in [0.3, 0.4) is 0 Å². The molecule has 0 aliphatic heterocycles. The van der Waals surface area contributed by atoms with E-state index in [0.29, 0.717) is 23.7 Å². The first kappa shape index (κ1) is 37.4. The number of aromatic nitrogens is 2. The van der Waals surface area contributed by atoms with E-state index >= 15 is 0 Å². The second-order valence-electron chi connectivity index (χ2n) is 10.5. The molecule has 3 rings (SSSR count). The van der Waals surface area contributed by atoms with Gasteiger partial charge in [0.25, 0.3) is 0 Å². The minimum Gasteiger partial charge on any atom is -0.741 e. The molecule has 0 amide bonds. The van der Waals surface area contributed by atoms with Crippen LogP contribution in [0.15, 0.2) is 53.5 Å². The Bertz CT molecular complexity index is 1260. The molecule has 1 heterocycles. The summed E-state index contributed by atoms with van der Waals surface area (Å²) < 4.78 is 64.6. The van der Waals surface area contributed by atoms with Gasteiger partial charge in [0, 0.05) is 22.3 Å². The zero-order chi connectivity index (χ0) is 31.9. The van der Waals surface area contributed by atoms with Crippen molar-refractivity contribution in [3.63, 3.8) is 0 Å². The topological polar surface area (TPSA) is 66.0 Å². The summed E-state index contributed by atoms with van der Waals surface area (Å²) in [6, 6.07) is 13.5. The third kappa shape index (κ3) is 9.71. The van der Waals surface area contributed by atoms with Gasteiger partial charge in [-0.05, 0) is 23.7 Å². The molecule has 0 bridgehead atoms. The summed E-state index contributed by atoms with van der Waals surface area (Å²) in [7, 11) is -6.09. The van der Waals surface area contributed by atoms with Gasteiger partial charge in [-0.1, -0.05) is 91.8 Å². The number of rotatable bonds is 6. The summed E-state index contributed by atoms with van der Waals surface area (Å²) in [5.41, 5.74) is 2.49. The van der Waals surface area contributed by atoms with Crippen molar-refractivity contribution in [2.75, 3.05) is 5.34 Å². The van der Waals surface area contributed by atoms with Crippen LogP contribution >= 0.6 is 39.1 Å². The van der Waals surface area contributed by atoms with E-state index < -0.39 is 15.6 Å². The van der Waals surface area contributed by atoms with Gasteiger partial charge in [-0.2, -0.15) is 22.3 Å². The molecule has 230 valence electrons. The summed E-state index contributed by atoms with van der Waals surface area (Å²) in [5, 5.41) is 0.194. The number of para-hydroxylation sites is 2. The average Bonchev–Trinajstić information content (AvgIpc) is 3.22. The third-order valence-corrected chi connectivity index (χ3v) is 7.54. The van der Waals surface area contributed by atoms with Gasteiger partial charge < -0.3 is 4.55 Å². The molecular weight excluding hydrogens is 664 g/mol. The van der Waals surface area contributed by atoms with Crippen molar-refractivity contribution >= 4 is 49.2 Å². The van der Waals surface area contributed by atoms with Gasteiger partial charge in [0.05, 0.1) is 21.3 Å². The van der Waals surface area contributed by atoms with Crippen molar-refractivity contribution in [3.05, 3.63) is 75.8 Å². The Morgan fingerprint density at radius 2 is 1.15 bits per heavy atom. The van der Waals surface area contributed by atoms with Gasteiger partial charge in [0.15, 0.2) is 10.1 Å². The summed E-state index contributed by atoms with van der Waals surface area (Å²) in [5.74, 6) is 1.82. The fourth-order valence-electron chi connectivity index (χ4n) is 4.29. The molecule has 1 aromatic heterocycles. The van der Waals surface area contributed by atoms with Crippen LogP contribution in [0.1, 0.15) is 101 Å². The van der Waals surface area contributed by atoms with Crippen LogP contribution in [0.5, 0.6) is 0 Å². The predicted octanol–water partition coefficient (Wildman–Crippen LogP) is 9.48. The zero-order valence-corrected chi connectivity index (χ0v) is 28.3. The second kappa shape index (κ2) is 15.8. The van der Waals surface area contributed by atoms with Crippen LogP contribution in [0.2, 0.25) is 0 Å². The van der Waals surface area contributed by atoms with Crippen molar-refractivity contribution in [2.45, 2.75) is 84.6 Å². The molecule has 0 radical (unpaired) electrons. The Labute approximate surface area is 260 Å². The molecule has 0 saturated heterocycles. The molecule has 0 unspecified atom stereocenters. The molecule has 0 spiro atoms. The Morgan fingerprint density at radius 1 is 0.829 bits per heavy atom. The second-order valence-corrected chi connectivity index (χ2v) is 13.4. The lowest BCUT2D eigenvalue weighted by molar-refractivity contribution is -0.608. The number of hydrogen-bond acceptors (Lipinski definition) is 3. The molecular formula is C29H38BrCl2F3N2O3S. The largest absolute Gasteiger partial charge is 0.741 e. The van der Waals surface area contributed by atoms with Crippen LogP contribution in [0.4, 0.5) is 13.2 Å². The summed E-state index contributed by atoms with van der Waals surface area (Å²) in [6.07, 6.45) is 4.41. The molecule has 0 saturated carbocycles. The van der Waals surface area contributed by atoms with Gasteiger partial charge in [0.2, 0.25) is 0 Å². The highest BCUT2D eigenvalue weighted by molar-refractivity contribution is 9.10. The maximum Gasteiger partial charge on any atom is 0.485 e. The van der Waals surface area contributed by atoms with Gasteiger partial charge in [0.1, 0.15) is 23.8 Å². The third-order valence-electron chi connectivity index (χ3n) is 6.21. The molecule has 0 aliphatic rings. The Kier molecular flexibility index (Phi) is 14.4. The minimum atomic E-state index is -6.09. The Morgan fingerprint density at radius 3 is 1.44 bits per heavy atom. The number of imidazole rings is 1.